The van der Waals surface area contributed by atoms with Crippen molar-refractivity contribution in [2.75, 3.05) is 11.5 Å². The molecule has 1 rings (SSSR count). The molecule has 0 aliphatic rings. The SMILES string of the molecule is CC(C)C(C)SCCS(=O)(=O)c1cccc(C#N)c1. The normalized spacial score (nSPS) is 13.2. The van der Waals surface area contributed by atoms with Gasteiger partial charge in [-0.15, -0.1) is 0 Å². The van der Waals surface area contributed by atoms with Crippen molar-refractivity contribution in [3.63, 3.8) is 0 Å². The number of hydrogen-bond donors (Lipinski definition) is 0. The highest BCUT2D eigenvalue weighted by molar-refractivity contribution is 8.01. The van der Waals surface area contributed by atoms with Gasteiger partial charge in [0.05, 0.1) is 22.3 Å². The van der Waals surface area contributed by atoms with Crippen LogP contribution in [0.5, 0.6) is 0 Å². The third kappa shape index (κ3) is 4.88. The van der Waals surface area contributed by atoms with Gasteiger partial charge < -0.3 is 0 Å². The van der Waals surface area contributed by atoms with E-state index in [0.29, 0.717) is 22.5 Å². The summed E-state index contributed by atoms with van der Waals surface area (Å²) in [6.07, 6.45) is 0. The minimum atomic E-state index is -3.29. The standard InChI is InChI=1S/C14H19NO2S2/c1-11(2)12(3)18-7-8-19(16,17)14-6-4-5-13(9-14)10-15/h4-6,9,11-12H,7-8H2,1-3H3. The predicted octanol–water partition coefficient (Wildman–Crippen LogP) is 3.11. The van der Waals surface area contributed by atoms with Crippen LogP contribution in [-0.2, 0) is 9.84 Å². The topological polar surface area (TPSA) is 57.9 Å². The first-order valence-corrected chi connectivity index (χ1v) is 8.91. The van der Waals surface area contributed by atoms with Crippen molar-refractivity contribution < 1.29 is 8.42 Å². The third-order valence-electron chi connectivity index (χ3n) is 2.99. The van der Waals surface area contributed by atoms with Crippen LogP contribution in [0.2, 0.25) is 0 Å². The van der Waals surface area contributed by atoms with E-state index < -0.39 is 9.84 Å². The number of nitrogens with zero attached hydrogens (tertiary/aromatic N) is 1. The largest absolute Gasteiger partial charge is 0.224 e. The van der Waals surface area contributed by atoms with Gasteiger partial charge in [0.15, 0.2) is 9.84 Å². The molecule has 1 unspecified atom stereocenters. The van der Waals surface area contributed by atoms with Gasteiger partial charge in [0.1, 0.15) is 0 Å². The second-order valence-corrected chi connectivity index (χ2v) is 8.37. The van der Waals surface area contributed by atoms with Crippen molar-refractivity contribution >= 4 is 21.6 Å². The van der Waals surface area contributed by atoms with Crippen LogP contribution >= 0.6 is 11.8 Å². The van der Waals surface area contributed by atoms with E-state index in [1.165, 1.54) is 6.07 Å². The van der Waals surface area contributed by atoms with Crippen molar-refractivity contribution in [3.8, 4) is 6.07 Å². The Labute approximate surface area is 119 Å². The zero-order valence-electron chi connectivity index (χ0n) is 11.5. The maximum absolute atomic E-state index is 12.1. The summed E-state index contributed by atoms with van der Waals surface area (Å²) in [6.45, 7) is 6.36. The highest BCUT2D eigenvalue weighted by atomic mass is 32.2. The van der Waals surface area contributed by atoms with Gasteiger partial charge in [-0.2, -0.15) is 17.0 Å². The van der Waals surface area contributed by atoms with E-state index in [4.69, 9.17) is 5.26 Å². The zero-order valence-corrected chi connectivity index (χ0v) is 13.1. The first-order chi connectivity index (χ1) is 8.86. The molecule has 19 heavy (non-hydrogen) atoms. The maximum atomic E-state index is 12.1. The summed E-state index contributed by atoms with van der Waals surface area (Å²) in [5, 5.41) is 9.23. The van der Waals surface area contributed by atoms with Crippen LogP contribution in [0.3, 0.4) is 0 Å². The Hall–Kier alpha value is -0.990. The number of hydrogen-bond acceptors (Lipinski definition) is 4. The number of benzene rings is 1. The number of nitriles is 1. The molecule has 0 aliphatic carbocycles. The highest BCUT2D eigenvalue weighted by Gasteiger charge is 2.16. The molecule has 0 heterocycles. The van der Waals surface area contributed by atoms with Gasteiger partial charge in [-0.05, 0) is 24.1 Å². The zero-order chi connectivity index (χ0) is 14.5. The van der Waals surface area contributed by atoms with Crippen LogP contribution in [0.1, 0.15) is 26.3 Å². The summed E-state index contributed by atoms with van der Waals surface area (Å²) in [5.41, 5.74) is 0.379. The van der Waals surface area contributed by atoms with Crippen LogP contribution < -0.4 is 0 Å². The molecule has 1 aromatic carbocycles. The summed E-state index contributed by atoms with van der Waals surface area (Å²) in [5.74, 6) is 1.23. The number of thioether (sulfide) groups is 1. The molecule has 0 aliphatic heterocycles. The molecule has 0 saturated heterocycles. The first kappa shape index (κ1) is 16.1. The highest BCUT2D eigenvalue weighted by Crippen LogP contribution is 2.20. The Balaban J connectivity index is 2.69. The molecule has 0 spiro atoms. The van der Waals surface area contributed by atoms with E-state index in [1.807, 2.05) is 6.07 Å². The summed E-state index contributed by atoms with van der Waals surface area (Å²) >= 11 is 1.67. The van der Waals surface area contributed by atoms with Gasteiger partial charge in [-0.1, -0.05) is 26.8 Å². The van der Waals surface area contributed by atoms with Crippen LogP contribution in [0, 0.1) is 17.2 Å². The molecule has 0 amide bonds. The second-order valence-electron chi connectivity index (χ2n) is 4.78. The van der Waals surface area contributed by atoms with Gasteiger partial charge in [0.25, 0.3) is 0 Å². The van der Waals surface area contributed by atoms with Crippen LogP contribution in [0.4, 0.5) is 0 Å². The fourth-order valence-electron chi connectivity index (χ4n) is 1.41. The van der Waals surface area contributed by atoms with E-state index >= 15 is 0 Å². The molecule has 3 nitrogen and oxygen atoms in total. The van der Waals surface area contributed by atoms with Gasteiger partial charge in [0.2, 0.25) is 0 Å². The molecule has 0 fully saturated rings. The average molecular weight is 297 g/mol. The molecular formula is C14H19NO2S2. The Morgan fingerprint density at radius 3 is 2.58 bits per heavy atom. The van der Waals surface area contributed by atoms with Crippen LogP contribution in [-0.4, -0.2) is 25.2 Å². The fraction of sp³-hybridized carbons (Fsp3) is 0.500. The molecule has 1 atom stereocenters. The van der Waals surface area contributed by atoms with Crippen LogP contribution in [0.25, 0.3) is 0 Å². The summed E-state index contributed by atoms with van der Waals surface area (Å²) < 4.78 is 24.3. The van der Waals surface area contributed by atoms with Crippen molar-refractivity contribution in [3.05, 3.63) is 29.8 Å². The molecule has 0 aromatic heterocycles. The van der Waals surface area contributed by atoms with Crippen molar-refractivity contribution in [2.45, 2.75) is 30.9 Å². The molecule has 0 saturated carbocycles. The van der Waals surface area contributed by atoms with Crippen molar-refractivity contribution in [1.82, 2.24) is 0 Å². The smallest absolute Gasteiger partial charge is 0.179 e. The monoisotopic (exact) mass is 297 g/mol. The Morgan fingerprint density at radius 1 is 1.32 bits per heavy atom. The predicted molar refractivity (Wildman–Crippen MR) is 80.0 cm³/mol. The van der Waals surface area contributed by atoms with E-state index in [9.17, 15) is 8.42 Å². The molecule has 0 N–H and O–H groups in total. The van der Waals surface area contributed by atoms with Crippen molar-refractivity contribution in [2.24, 2.45) is 5.92 Å². The lowest BCUT2D eigenvalue weighted by atomic mass is 10.2. The lowest BCUT2D eigenvalue weighted by molar-refractivity contribution is 0.597. The van der Waals surface area contributed by atoms with Crippen LogP contribution in [0.15, 0.2) is 29.2 Å². The number of sulfone groups is 1. The van der Waals surface area contributed by atoms with Gasteiger partial charge in [-0.3, -0.25) is 0 Å². The lowest BCUT2D eigenvalue weighted by Gasteiger charge is -2.14. The molecule has 0 radical (unpaired) electrons. The summed E-state index contributed by atoms with van der Waals surface area (Å²) in [6, 6.07) is 8.16. The molecule has 104 valence electrons. The number of rotatable bonds is 6. The van der Waals surface area contributed by atoms with Gasteiger partial charge in [-0.25, -0.2) is 8.42 Å². The maximum Gasteiger partial charge on any atom is 0.179 e. The van der Waals surface area contributed by atoms with Crippen molar-refractivity contribution in [1.29, 1.82) is 5.26 Å². The Morgan fingerprint density at radius 2 is 2.00 bits per heavy atom. The minimum Gasteiger partial charge on any atom is -0.224 e. The summed E-state index contributed by atoms with van der Waals surface area (Å²) in [7, 11) is -3.29. The van der Waals surface area contributed by atoms with Gasteiger partial charge >= 0.3 is 0 Å². The average Bonchev–Trinajstić information content (AvgIpc) is 2.38. The van der Waals surface area contributed by atoms with E-state index in [2.05, 4.69) is 20.8 Å². The third-order valence-corrected chi connectivity index (χ3v) is 6.48. The van der Waals surface area contributed by atoms with E-state index in [0.717, 1.165) is 0 Å². The molecule has 5 heteroatoms. The minimum absolute atomic E-state index is 0.115. The quantitative estimate of drug-likeness (QED) is 0.809. The van der Waals surface area contributed by atoms with E-state index in [-0.39, 0.29) is 10.6 Å². The van der Waals surface area contributed by atoms with Gasteiger partial charge in [0, 0.05) is 11.0 Å². The Bertz CT molecular complexity index is 559. The molecule has 0 bridgehead atoms. The summed E-state index contributed by atoms with van der Waals surface area (Å²) in [4.78, 5) is 0.240. The lowest BCUT2D eigenvalue weighted by Crippen LogP contribution is -2.13. The fourth-order valence-corrected chi connectivity index (χ4v) is 4.26. The first-order valence-electron chi connectivity index (χ1n) is 6.21. The second kappa shape index (κ2) is 6.97. The Kier molecular flexibility index (Phi) is 5.89. The molecular weight excluding hydrogens is 278 g/mol. The van der Waals surface area contributed by atoms with E-state index in [1.54, 1.807) is 30.0 Å². The molecule has 1 aromatic rings.